The van der Waals surface area contributed by atoms with E-state index < -0.39 is 55.0 Å². The molecule has 4 atom stereocenters. The third kappa shape index (κ3) is 7.38. The molecule has 0 aliphatic heterocycles. The van der Waals surface area contributed by atoms with Crippen LogP contribution < -0.4 is 21.7 Å². The number of nitrogens with two attached hydrogens (primary N) is 1. The maximum Gasteiger partial charge on any atom is 0.322 e. The molecule has 0 aromatic rings. The van der Waals surface area contributed by atoms with Crippen LogP contribution in [0.25, 0.3) is 0 Å². The van der Waals surface area contributed by atoms with Crippen LogP contribution in [0.4, 0.5) is 0 Å². The predicted molar refractivity (Wildman–Crippen MR) is 84.7 cm³/mol. The van der Waals surface area contributed by atoms with Gasteiger partial charge in [-0.3, -0.25) is 19.2 Å². The summed E-state index contributed by atoms with van der Waals surface area (Å²) in [6, 6.07) is -3.06. The van der Waals surface area contributed by atoms with Crippen molar-refractivity contribution in [1.29, 1.82) is 0 Å². The zero-order valence-corrected chi connectivity index (χ0v) is 14.0. The molecule has 4 unspecified atom stereocenters. The number of nitrogens with one attached hydrogen (secondary N) is 3. The Bertz CT molecular complexity index is 470. The second-order valence-electron chi connectivity index (χ2n) is 5.50. The number of hydrogen-bond donors (Lipinski definition) is 6. The van der Waals surface area contributed by atoms with Gasteiger partial charge in [-0.15, -0.1) is 0 Å². The van der Waals surface area contributed by atoms with E-state index in [2.05, 4.69) is 16.0 Å². The molecule has 3 amide bonds. The molecule has 0 spiro atoms. The van der Waals surface area contributed by atoms with Gasteiger partial charge in [-0.1, -0.05) is 20.3 Å². The summed E-state index contributed by atoms with van der Waals surface area (Å²) in [5.41, 5.74) is 5.34. The maximum absolute atomic E-state index is 12.1. The number of aliphatic hydroxyl groups is 1. The summed E-state index contributed by atoms with van der Waals surface area (Å²) < 4.78 is 0. The standard InChI is InChI=1S/C14H26N4O6/c1-4-7(2)11(14(24)16-5-10(20)21)18-12(22)8(3)17-13(23)9(15)6-19/h7-9,11,19H,4-6,15H2,1-3H3,(H,16,24)(H,17,23)(H,18,22)(H,20,21). The van der Waals surface area contributed by atoms with Crippen molar-refractivity contribution in [2.24, 2.45) is 11.7 Å². The van der Waals surface area contributed by atoms with Gasteiger partial charge in [-0.2, -0.15) is 0 Å². The van der Waals surface area contributed by atoms with E-state index in [1.54, 1.807) is 6.92 Å². The molecule has 7 N–H and O–H groups in total. The van der Waals surface area contributed by atoms with Gasteiger partial charge < -0.3 is 31.9 Å². The second kappa shape index (κ2) is 10.6. The molecule has 10 nitrogen and oxygen atoms in total. The summed E-state index contributed by atoms with van der Waals surface area (Å²) in [7, 11) is 0. The van der Waals surface area contributed by atoms with Crippen LogP contribution in [0.2, 0.25) is 0 Å². The molecule has 0 aromatic carbocycles. The van der Waals surface area contributed by atoms with Crippen LogP contribution in [0.5, 0.6) is 0 Å². The summed E-state index contributed by atoms with van der Waals surface area (Å²) in [6.07, 6.45) is 0.571. The summed E-state index contributed by atoms with van der Waals surface area (Å²) >= 11 is 0. The van der Waals surface area contributed by atoms with Gasteiger partial charge in [0.05, 0.1) is 6.61 Å². The molecule has 0 aliphatic carbocycles. The number of carbonyl (C=O) groups is 4. The van der Waals surface area contributed by atoms with E-state index in [4.69, 9.17) is 15.9 Å². The Morgan fingerprint density at radius 1 is 1.04 bits per heavy atom. The monoisotopic (exact) mass is 346 g/mol. The lowest BCUT2D eigenvalue weighted by atomic mass is 9.98. The van der Waals surface area contributed by atoms with Gasteiger partial charge in [0.1, 0.15) is 24.7 Å². The first-order valence-electron chi connectivity index (χ1n) is 7.60. The van der Waals surface area contributed by atoms with Crippen molar-refractivity contribution in [2.45, 2.75) is 45.3 Å². The third-order valence-corrected chi connectivity index (χ3v) is 3.49. The van der Waals surface area contributed by atoms with Crippen LogP contribution in [0.15, 0.2) is 0 Å². The number of aliphatic hydroxyl groups excluding tert-OH is 1. The van der Waals surface area contributed by atoms with E-state index in [0.29, 0.717) is 6.42 Å². The smallest absolute Gasteiger partial charge is 0.322 e. The number of amides is 3. The van der Waals surface area contributed by atoms with Crippen molar-refractivity contribution >= 4 is 23.7 Å². The highest BCUT2D eigenvalue weighted by Gasteiger charge is 2.28. The average molecular weight is 346 g/mol. The minimum Gasteiger partial charge on any atom is -0.480 e. The average Bonchev–Trinajstić information content (AvgIpc) is 2.55. The first kappa shape index (κ1) is 21.8. The van der Waals surface area contributed by atoms with E-state index in [-0.39, 0.29) is 5.92 Å². The summed E-state index contributed by atoms with van der Waals surface area (Å²) in [6.45, 7) is 3.84. The summed E-state index contributed by atoms with van der Waals surface area (Å²) in [4.78, 5) is 46.3. The van der Waals surface area contributed by atoms with Crippen LogP contribution in [0, 0.1) is 5.92 Å². The van der Waals surface area contributed by atoms with Crippen molar-refractivity contribution in [2.75, 3.05) is 13.2 Å². The highest BCUT2D eigenvalue weighted by Crippen LogP contribution is 2.08. The number of carboxylic acid groups (broad SMARTS) is 1. The lowest BCUT2D eigenvalue weighted by Gasteiger charge is -2.25. The highest BCUT2D eigenvalue weighted by molar-refractivity contribution is 5.93. The number of rotatable bonds is 10. The molecule has 0 saturated carbocycles. The van der Waals surface area contributed by atoms with Crippen LogP contribution in [0.1, 0.15) is 27.2 Å². The normalized spacial score (nSPS) is 15.5. The molecule has 0 heterocycles. The molecule has 0 rings (SSSR count). The molecule has 0 bridgehead atoms. The topological polar surface area (TPSA) is 171 Å². The Morgan fingerprint density at radius 3 is 2.08 bits per heavy atom. The summed E-state index contributed by atoms with van der Waals surface area (Å²) in [5.74, 6) is -3.38. The second-order valence-corrected chi connectivity index (χ2v) is 5.50. The van der Waals surface area contributed by atoms with Crippen LogP contribution in [0.3, 0.4) is 0 Å². The van der Waals surface area contributed by atoms with Crippen molar-refractivity contribution in [3.63, 3.8) is 0 Å². The maximum atomic E-state index is 12.1. The predicted octanol–water partition coefficient (Wildman–Crippen LogP) is -2.46. The van der Waals surface area contributed by atoms with Crippen LogP contribution in [-0.2, 0) is 19.2 Å². The Hall–Kier alpha value is -2.20. The number of hydrogen-bond acceptors (Lipinski definition) is 6. The van der Waals surface area contributed by atoms with Crippen LogP contribution in [-0.4, -0.2) is 65.2 Å². The molecule has 0 saturated heterocycles. The summed E-state index contributed by atoms with van der Waals surface area (Å²) in [5, 5.41) is 24.4. The minimum absolute atomic E-state index is 0.245. The Balaban J connectivity index is 4.83. The SMILES string of the molecule is CCC(C)C(NC(=O)C(C)NC(=O)C(N)CO)C(=O)NCC(=O)O. The molecule has 24 heavy (non-hydrogen) atoms. The molecule has 0 aromatic heterocycles. The molecule has 138 valence electrons. The first-order valence-corrected chi connectivity index (χ1v) is 7.60. The molecule has 0 radical (unpaired) electrons. The lowest BCUT2D eigenvalue weighted by Crippen LogP contribution is -2.57. The number of carboxylic acids is 1. The lowest BCUT2D eigenvalue weighted by molar-refractivity contribution is -0.139. The van der Waals surface area contributed by atoms with Gasteiger partial charge in [-0.05, 0) is 12.8 Å². The van der Waals surface area contributed by atoms with Gasteiger partial charge in [-0.25, -0.2) is 0 Å². The van der Waals surface area contributed by atoms with E-state index in [1.807, 2.05) is 6.92 Å². The highest BCUT2D eigenvalue weighted by atomic mass is 16.4. The Kier molecular flexibility index (Phi) is 9.58. The van der Waals surface area contributed by atoms with E-state index in [1.165, 1.54) is 6.92 Å². The van der Waals surface area contributed by atoms with Gasteiger partial charge in [0, 0.05) is 0 Å². The molecule has 0 fully saturated rings. The Labute approximate surface area is 140 Å². The fourth-order valence-electron chi connectivity index (χ4n) is 1.72. The molecular weight excluding hydrogens is 320 g/mol. The van der Waals surface area contributed by atoms with Crippen molar-refractivity contribution in [3.8, 4) is 0 Å². The number of aliphatic carboxylic acids is 1. The van der Waals surface area contributed by atoms with Crippen LogP contribution >= 0.6 is 0 Å². The zero-order valence-electron chi connectivity index (χ0n) is 14.0. The molecular formula is C14H26N4O6. The van der Waals surface area contributed by atoms with Gasteiger partial charge >= 0.3 is 5.97 Å². The fourth-order valence-corrected chi connectivity index (χ4v) is 1.72. The minimum atomic E-state index is -1.20. The van der Waals surface area contributed by atoms with E-state index in [0.717, 1.165) is 0 Å². The van der Waals surface area contributed by atoms with Crippen molar-refractivity contribution in [3.05, 3.63) is 0 Å². The quantitative estimate of drug-likeness (QED) is 0.255. The van der Waals surface area contributed by atoms with Crippen molar-refractivity contribution < 1.29 is 29.4 Å². The van der Waals surface area contributed by atoms with E-state index in [9.17, 15) is 19.2 Å². The molecule has 0 aliphatic rings. The van der Waals surface area contributed by atoms with Crippen molar-refractivity contribution in [1.82, 2.24) is 16.0 Å². The van der Waals surface area contributed by atoms with Gasteiger partial charge in [0.15, 0.2) is 0 Å². The fraction of sp³-hybridized carbons (Fsp3) is 0.714. The Morgan fingerprint density at radius 2 is 1.62 bits per heavy atom. The third-order valence-electron chi connectivity index (χ3n) is 3.49. The zero-order chi connectivity index (χ0) is 18.9. The van der Waals surface area contributed by atoms with E-state index >= 15 is 0 Å². The number of carbonyl (C=O) groups excluding carboxylic acids is 3. The van der Waals surface area contributed by atoms with Gasteiger partial charge in [0.25, 0.3) is 0 Å². The van der Waals surface area contributed by atoms with Gasteiger partial charge in [0.2, 0.25) is 17.7 Å². The first-order chi connectivity index (χ1) is 11.1. The largest absolute Gasteiger partial charge is 0.480 e. The molecule has 10 heteroatoms.